The molecule has 206 valence electrons. The number of unbranched alkanes of at least 4 members (excludes halogenated alkanes) is 2. The molecule has 0 spiro atoms. The first kappa shape index (κ1) is 29.3. The number of phenols is 1. The van der Waals surface area contributed by atoms with Crippen LogP contribution in [0.15, 0.2) is 42.5 Å². The zero-order chi connectivity index (χ0) is 26.0. The average molecular weight is 523 g/mol. The van der Waals surface area contributed by atoms with Crippen molar-refractivity contribution in [3.05, 3.63) is 48.3 Å². The maximum Gasteiger partial charge on any atom is 0.165 e. The molecule has 2 aromatic carbocycles. The summed E-state index contributed by atoms with van der Waals surface area (Å²) in [6.07, 6.45) is 2.69. The zero-order valence-electron chi connectivity index (χ0n) is 21.4. The van der Waals surface area contributed by atoms with E-state index in [2.05, 4.69) is 0 Å². The molecule has 1 aliphatic rings. The van der Waals surface area contributed by atoms with Crippen LogP contribution in [0.3, 0.4) is 0 Å². The highest BCUT2D eigenvalue weighted by Crippen LogP contribution is 2.26. The molecule has 2 aromatic rings. The van der Waals surface area contributed by atoms with Gasteiger partial charge in [0.25, 0.3) is 0 Å². The van der Waals surface area contributed by atoms with E-state index < -0.39 is 5.82 Å². The van der Waals surface area contributed by atoms with Crippen LogP contribution >= 0.6 is 0 Å². The molecule has 0 radical (unpaired) electrons. The lowest BCUT2D eigenvalue weighted by Crippen LogP contribution is -2.28. The number of hydrogen-bond acceptors (Lipinski definition) is 8. The Morgan fingerprint density at radius 2 is 1.35 bits per heavy atom. The average Bonchev–Trinajstić information content (AvgIpc) is 2.92. The van der Waals surface area contributed by atoms with Crippen LogP contribution in [0.25, 0.3) is 11.1 Å². The van der Waals surface area contributed by atoms with Gasteiger partial charge in [-0.25, -0.2) is 4.39 Å². The van der Waals surface area contributed by atoms with Gasteiger partial charge in [-0.1, -0.05) is 18.2 Å². The predicted molar refractivity (Wildman–Crippen MR) is 137 cm³/mol. The van der Waals surface area contributed by atoms with Crippen molar-refractivity contribution >= 4 is 0 Å². The van der Waals surface area contributed by atoms with E-state index in [1.807, 2.05) is 24.3 Å². The highest BCUT2D eigenvalue weighted by atomic mass is 19.1. The summed E-state index contributed by atoms with van der Waals surface area (Å²) in [6, 6.07) is 11.8. The number of rotatable bonds is 10. The Labute approximate surface area is 218 Å². The van der Waals surface area contributed by atoms with Crippen molar-refractivity contribution in [1.82, 2.24) is 0 Å². The molecule has 8 nitrogen and oxygen atoms in total. The number of phenolic OH excluding ortho intramolecular Hbond substituents is 1. The second-order valence-electron chi connectivity index (χ2n) is 8.58. The Bertz CT molecular complexity index is 848. The van der Waals surface area contributed by atoms with Crippen molar-refractivity contribution < 1.29 is 42.7 Å². The summed E-state index contributed by atoms with van der Waals surface area (Å²) in [4.78, 5) is 0. The summed E-state index contributed by atoms with van der Waals surface area (Å²) in [5.41, 5.74) is 1.56. The molecule has 0 bridgehead atoms. The SMILES string of the molecule is Oc1ccc(-c2ccc(OCCCCCOCC3COCCOCCOCCOCCO3)cc2)cc1F. The fourth-order valence-corrected chi connectivity index (χ4v) is 3.61. The van der Waals surface area contributed by atoms with E-state index in [1.165, 1.54) is 12.1 Å². The first-order valence-corrected chi connectivity index (χ1v) is 12.9. The van der Waals surface area contributed by atoms with Gasteiger partial charge in [0.2, 0.25) is 0 Å². The first-order chi connectivity index (χ1) is 18.2. The number of aromatic hydroxyl groups is 1. The predicted octanol–water partition coefficient (Wildman–Crippen LogP) is 4.23. The Balaban J connectivity index is 1.25. The van der Waals surface area contributed by atoms with E-state index in [-0.39, 0.29) is 11.9 Å². The van der Waals surface area contributed by atoms with Gasteiger partial charge in [-0.15, -0.1) is 0 Å². The first-order valence-electron chi connectivity index (χ1n) is 12.9. The van der Waals surface area contributed by atoms with Gasteiger partial charge < -0.3 is 38.3 Å². The van der Waals surface area contributed by atoms with Crippen LogP contribution < -0.4 is 4.74 Å². The second-order valence-corrected chi connectivity index (χ2v) is 8.58. The molecule has 37 heavy (non-hydrogen) atoms. The summed E-state index contributed by atoms with van der Waals surface area (Å²) < 4.78 is 53.1. The lowest BCUT2D eigenvalue weighted by molar-refractivity contribution is -0.0778. The smallest absolute Gasteiger partial charge is 0.165 e. The Hall–Kier alpha value is -2.27. The van der Waals surface area contributed by atoms with Crippen LogP contribution in [0.1, 0.15) is 19.3 Å². The lowest BCUT2D eigenvalue weighted by Gasteiger charge is -2.18. The van der Waals surface area contributed by atoms with E-state index in [1.54, 1.807) is 6.07 Å². The van der Waals surface area contributed by atoms with E-state index in [9.17, 15) is 9.50 Å². The van der Waals surface area contributed by atoms with E-state index in [0.717, 1.165) is 30.6 Å². The summed E-state index contributed by atoms with van der Waals surface area (Å²) >= 11 is 0. The molecule has 1 unspecified atom stereocenters. The molecule has 0 amide bonds. The van der Waals surface area contributed by atoms with Crippen LogP contribution in [-0.2, 0) is 28.4 Å². The highest BCUT2D eigenvalue weighted by molar-refractivity contribution is 5.65. The third-order valence-corrected chi connectivity index (χ3v) is 5.64. The molecule has 0 saturated carbocycles. The summed E-state index contributed by atoms with van der Waals surface area (Å²) in [6.45, 7) is 6.40. The Kier molecular flexibility index (Phi) is 14.3. The van der Waals surface area contributed by atoms with Crippen molar-refractivity contribution in [2.45, 2.75) is 25.4 Å². The van der Waals surface area contributed by atoms with Crippen molar-refractivity contribution in [2.24, 2.45) is 0 Å². The minimum Gasteiger partial charge on any atom is -0.505 e. The van der Waals surface area contributed by atoms with Gasteiger partial charge >= 0.3 is 0 Å². The third-order valence-electron chi connectivity index (χ3n) is 5.64. The summed E-state index contributed by atoms with van der Waals surface area (Å²) in [5, 5.41) is 9.33. The van der Waals surface area contributed by atoms with Crippen LogP contribution in [0.2, 0.25) is 0 Å². The van der Waals surface area contributed by atoms with Gasteiger partial charge in [0, 0.05) is 6.61 Å². The van der Waals surface area contributed by atoms with Crippen molar-refractivity contribution in [1.29, 1.82) is 0 Å². The van der Waals surface area contributed by atoms with Gasteiger partial charge in [0.1, 0.15) is 11.9 Å². The molecule has 0 aliphatic carbocycles. The molecule has 9 heteroatoms. The molecule has 1 atom stereocenters. The van der Waals surface area contributed by atoms with Gasteiger partial charge in [-0.3, -0.25) is 0 Å². The molecule has 1 N–H and O–H groups in total. The monoisotopic (exact) mass is 522 g/mol. The quantitative estimate of drug-likeness (QED) is 0.464. The van der Waals surface area contributed by atoms with Crippen molar-refractivity contribution in [3.63, 3.8) is 0 Å². The fourth-order valence-electron chi connectivity index (χ4n) is 3.61. The van der Waals surface area contributed by atoms with Gasteiger partial charge in [-0.05, 0) is 54.7 Å². The molecular weight excluding hydrogens is 483 g/mol. The lowest BCUT2D eigenvalue weighted by atomic mass is 10.1. The number of hydrogen-bond donors (Lipinski definition) is 1. The molecule has 1 aliphatic heterocycles. The fraction of sp³-hybridized carbons (Fsp3) is 0.571. The van der Waals surface area contributed by atoms with Crippen molar-refractivity contribution in [3.8, 4) is 22.6 Å². The molecule has 0 aromatic heterocycles. The standard InChI is InChI=1S/C28H39FO8/c29-27-20-24(6-9-28(27)30)23-4-7-25(8-5-23)36-11-3-1-2-10-34-21-26-22-35-17-16-32-13-12-31-14-15-33-18-19-37-26/h4-9,20,26,30H,1-3,10-19,21-22H2. The molecule has 1 saturated heterocycles. The Morgan fingerprint density at radius 1 is 0.730 bits per heavy atom. The largest absolute Gasteiger partial charge is 0.505 e. The maximum absolute atomic E-state index is 13.6. The van der Waals surface area contributed by atoms with Crippen LogP contribution in [0.4, 0.5) is 4.39 Å². The maximum atomic E-state index is 13.6. The van der Waals surface area contributed by atoms with Gasteiger partial charge in [0.15, 0.2) is 11.6 Å². The zero-order valence-corrected chi connectivity index (χ0v) is 21.4. The minimum absolute atomic E-state index is 0.144. The molecule has 1 heterocycles. The number of benzene rings is 2. The van der Waals surface area contributed by atoms with Gasteiger partial charge in [-0.2, -0.15) is 0 Å². The topological polar surface area (TPSA) is 84.8 Å². The second kappa shape index (κ2) is 18.1. The van der Waals surface area contributed by atoms with E-state index >= 15 is 0 Å². The van der Waals surface area contributed by atoms with E-state index in [0.29, 0.717) is 84.8 Å². The normalized spacial score (nSPS) is 18.6. The van der Waals surface area contributed by atoms with Crippen molar-refractivity contribution in [2.75, 3.05) is 79.3 Å². The molecular formula is C28H39FO8. The van der Waals surface area contributed by atoms with E-state index in [4.69, 9.17) is 33.2 Å². The summed E-state index contributed by atoms with van der Waals surface area (Å²) in [5.74, 6) is -0.218. The number of halogens is 1. The van der Waals surface area contributed by atoms with Crippen LogP contribution in [-0.4, -0.2) is 90.5 Å². The molecule has 1 fully saturated rings. The summed E-state index contributed by atoms with van der Waals surface area (Å²) in [7, 11) is 0. The third kappa shape index (κ3) is 12.2. The minimum atomic E-state index is -0.634. The van der Waals surface area contributed by atoms with Gasteiger partial charge in [0.05, 0.1) is 72.7 Å². The highest BCUT2D eigenvalue weighted by Gasteiger charge is 2.11. The Morgan fingerprint density at radius 3 is 2.05 bits per heavy atom. The molecule has 3 rings (SSSR count). The number of ether oxygens (including phenoxy) is 7. The van der Waals surface area contributed by atoms with Crippen LogP contribution in [0, 0.1) is 5.82 Å². The van der Waals surface area contributed by atoms with Crippen LogP contribution in [0.5, 0.6) is 11.5 Å².